The Kier molecular flexibility index (Phi) is 4.46. The Bertz CT molecular complexity index is 963. The van der Waals surface area contributed by atoms with Crippen LogP contribution in [0.3, 0.4) is 0 Å². The molecule has 1 aromatic carbocycles. The Labute approximate surface area is 178 Å². The van der Waals surface area contributed by atoms with Gasteiger partial charge in [0.05, 0.1) is 11.1 Å². The first-order chi connectivity index (χ1) is 14.3. The van der Waals surface area contributed by atoms with E-state index < -0.39 is 11.4 Å². The van der Waals surface area contributed by atoms with Gasteiger partial charge in [-0.25, -0.2) is 0 Å². The lowest BCUT2D eigenvalue weighted by Gasteiger charge is -2.59. The van der Waals surface area contributed by atoms with E-state index >= 15 is 0 Å². The van der Waals surface area contributed by atoms with Crippen molar-refractivity contribution in [3.8, 4) is 0 Å². The van der Waals surface area contributed by atoms with Crippen molar-refractivity contribution >= 4 is 17.4 Å². The zero-order valence-electron chi connectivity index (χ0n) is 17.9. The van der Waals surface area contributed by atoms with Gasteiger partial charge in [-0.3, -0.25) is 9.59 Å². The van der Waals surface area contributed by atoms with Crippen molar-refractivity contribution in [2.24, 2.45) is 34.5 Å². The average Bonchev–Trinajstić information content (AvgIpc) is 3.05. The molecule has 0 bridgehead atoms. The molecule has 4 heteroatoms. The van der Waals surface area contributed by atoms with Crippen molar-refractivity contribution in [1.29, 1.82) is 0 Å². The Morgan fingerprint density at radius 1 is 1.17 bits per heavy atom. The van der Waals surface area contributed by atoms with Crippen molar-refractivity contribution in [1.82, 2.24) is 0 Å². The number of fused-ring (bicyclic) bond motifs is 4. The number of nitrogens with one attached hydrogen (secondary N) is 1. The minimum absolute atomic E-state index is 0.0130. The van der Waals surface area contributed by atoms with Crippen LogP contribution in [0.2, 0.25) is 0 Å². The summed E-state index contributed by atoms with van der Waals surface area (Å²) in [5.74, 6) is 0.621. The van der Waals surface area contributed by atoms with Crippen LogP contribution in [0, 0.1) is 34.5 Å². The number of ketones is 1. The Balaban J connectivity index is 1.55. The van der Waals surface area contributed by atoms with Gasteiger partial charge >= 0.3 is 5.97 Å². The Morgan fingerprint density at radius 2 is 1.97 bits per heavy atom. The maximum absolute atomic E-state index is 13.0. The van der Waals surface area contributed by atoms with E-state index in [2.05, 4.69) is 24.4 Å². The van der Waals surface area contributed by atoms with Crippen LogP contribution >= 0.6 is 0 Å². The van der Waals surface area contributed by atoms with Gasteiger partial charge in [0.1, 0.15) is 0 Å². The maximum atomic E-state index is 13.0. The molecule has 1 aliphatic heterocycles. The van der Waals surface area contributed by atoms with E-state index in [1.807, 2.05) is 37.3 Å². The zero-order valence-corrected chi connectivity index (χ0v) is 17.9. The lowest BCUT2D eigenvalue weighted by Crippen LogP contribution is -2.54. The summed E-state index contributed by atoms with van der Waals surface area (Å²) in [5.41, 5.74) is 1.47. The quantitative estimate of drug-likeness (QED) is 0.491. The van der Waals surface area contributed by atoms with Crippen molar-refractivity contribution in [3.63, 3.8) is 0 Å². The van der Waals surface area contributed by atoms with Crippen molar-refractivity contribution in [3.05, 3.63) is 53.8 Å². The summed E-state index contributed by atoms with van der Waals surface area (Å²) < 4.78 is 0. The molecular weight excluding hydrogens is 374 g/mol. The fraction of sp³-hybridized carbons (Fsp3) is 0.538. The fourth-order valence-corrected chi connectivity index (χ4v) is 7.08. The van der Waals surface area contributed by atoms with E-state index in [9.17, 15) is 14.7 Å². The smallest absolute Gasteiger partial charge is 0.309 e. The first-order valence-electron chi connectivity index (χ1n) is 11.4. The second-order valence-corrected chi connectivity index (χ2v) is 10.3. The van der Waals surface area contributed by atoms with Gasteiger partial charge < -0.3 is 10.4 Å². The van der Waals surface area contributed by atoms with Crippen LogP contribution < -0.4 is 5.32 Å². The highest BCUT2D eigenvalue weighted by molar-refractivity contribution is 6.18. The number of carbonyl (C=O) groups excluding carboxylic acids is 1. The number of hydrogen-bond donors (Lipinski definition) is 2. The molecule has 0 unspecified atom stereocenters. The van der Waals surface area contributed by atoms with Crippen molar-refractivity contribution in [2.75, 3.05) is 5.32 Å². The highest BCUT2D eigenvalue weighted by Crippen LogP contribution is 2.62. The van der Waals surface area contributed by atoms with Gasteiger partial charge in [-0.2, -0.15) is 0 Å². The lowest BCUT2D eigenvalue weighted by molar-refractivity contribution is -0.161. The molecule has 5 rings (SSSR count). The molecule has 3 aliphatic carbocycles. The summed E-state index contributed by atoms with van der Waals surface area (Å²) in [6.07, 6.45) is 12.7. The first-order valence-corrected chi connectivity index (χ1v) is 11.4. The number of anilines is 1. The highest BCUT2D eigenvalue weighted by Gasteiger charge is 2.57. The Morgan fingerprint density at radius 3 is 2.73 bits per heavy atom. The molecule has 4 aliphatic rings. The summed E-state index contributed by atoms with van der Waals surface area (Å²) in [6, 6.07) is 7.54. The lowest BCUT2D eigenvalue weighted by atomic mass is 9.45. The third-order valence-corrected chi connectivity index (χ3v) is 8.98. The molecule has 30 heavy (non-hydrogen) atoms. The Hall–Kier alpha value is -2.36. The van der Waals surface area contributed by atoms with E-state index in [0.717, 1.165) is 37.8 Å². The molecule has 1 heterocycles. The van der Waals surface area contributed by atoms with Gasteiger partial charge in [0.2, 0.25) is 5.78 Å². The topological polar surface area (TPSA) is 66.4 Å². The molecule has 6 atom stereocenters. The number of carboxylic acid groups (broad SMARTS) is 1. The van der Waals surface area contributed by atoms with Crippen molar-refractivity contribution in [2.45, 2.75) is 52.4 Å². The second-order valence-electron chi connectivity index (χ2n) is 10.3. The maximum Gasteiger partial charge on any atom is 0.309 e. The summed E-state index contributed by atoms with van der Waals surface area (Å²) in [7, 11) is 0. The van der Waals surface area contributed by atoms with Gasteiger partial charge in [-0.05, 0) is 86.7 Å². The largest absolute Gasteiger partial charge is 0.481 e. The number of rotatable bonds is 2. The zero-order chi connectivity index (χ0) is 21.1. The van der Waals surface area contributed by atoms with Gasteiger partial charge in [-0.1, -0.05) is 37.3 Å². The van der Waals surface area contributed by atoms with Crippen LogP contribution in [0.5, 0.6) is 0 Å². The molecule has 2 saturated carbocycles. The number of allylic oxidation sites excluding steroid dienone is 4. The van der Waals surface area contributed by atoms with Gasteiger partial charge in [-0.15, -0.1) is 0 Å². The molecule has 4 nitrogen and oxygen atoms in total. The summed E-state index contributed by atoms with van der Waals surface area (Å²) >= 11 is 0. The highest BCUT2D eigenvalue weighted by atomic mass is 16.4. The standard InChI is InChI=1S/C26H31NO3/c1-25-13-6-5-7-16(25)10-11-17-19(25)12-14-26(2,24(29)30)20(17)15-22-23(28)18-8-3-4-9-21(18)27-22/h3-6,8-9,15-17,19-20,27H,7,10-14H2,1-2H3,(H,29,30)/b22-15+/t16-,17-,19+,20+,25-,26-/m0/s1. The number of hydrogen-bond acceptors (Lipinski definition) is 3. The van der Waals surface area contributed by atoms with Crippen molar-refractivity contribution < 1.29 is 14.7 Å². The third kappa shape index (κ3) is 2.72. The average molecular weight is 406 g/mol. The van der Waals surface area contributed by atoms with E-state index in [1.165, 1.54) is 0 Å². The molecule has 2 fully saturated rings. The summed E-state index contributed by atoms with van der Waals surface area (Å²) in [5, 5.41) is 13.5. The molecular formula is C26H31NO3. The van der Waals surface area contributed by atoms with Crippen LogP contribution in [0.1, 0.15) is 62.7 Å². The van der Waals surface area contributed by atoms with E-state index in [4.69, 9.17) is 0 Å². The SMILES string of the molecule is C[C@]12CC=CC[C@H]1CC[C@H]1[C@H]2CC[C@](C)(C(=O)O)[C@@H]1/C=C1/Nc2ccccc2C1=O. The molecule has 2 N–H and O–H groups in total. The summed E-state index contributed by atoms with van der Waals surface area (Å²) in [4.78, 5) is 25.5. The minimum Gasteiger partial charge on any atom is -0.481 e. The second kappa shape index (κ2) is 6.83. The van der Waals surface area contributed by atoms with E-state index in [-0.39, 0.29) is 17.1 Å². The number of carboxylic acids is 1. The summed E-state index contributed by atoms with van der Waals surface area (Å²) in [6.45, 7) is 4.33. The van der Waals surface area contributed by atoms with Crippen LogP contribution in [-0.2, 0) is 4.79 Å². The molecule has 0 aromatic heterocycles. The monoisotopic (exact) mass is 405 g/mol. The fourth-order valence-electron chi connectivity index (χ4n) is 7.08. The van der Waals surface area contributed by atoms with Crippen LogP contribution in [0.15, 0.2) is 48.2 Å². The van der Waals surface area contributed by atoms with Gasteiger partial charge in [0.15, 0.2) is 0 Å². The minimum atomic E-state index is -0.835. The number of benzene rings is 1. The number of Topliss-reactive ketones (excluding diaryl/α,β-unsaturated/α-hetero) is 1. The molecule has 0 saturated heterocycles. The number of aliphatic carboxylic acids is 1. The predicted molar refractivity (Wildman–Crippen MR) is 117 cm³/mol. The predicted octanol–water partition coefficient (Wildman–Crippen LogP) is 5.68. The van der Waals surface area contributed by atoms with Crippen LogP contribution in [0.4, 0.5) is 5.69 Å². The third-order valence-electron chi connectivity index (χ3n) is 8.98. The molecule has 158 valence electrons. The molecule has 0 amide bonds. The molecule has 0 radical (unpaired) electrons. The molecule has 0 spiro atoms. The van der Waals surface area contributed by atoms with Gasteiger partial charge in [0, 0.05) is 11.3 Å². The van der Waals surface area contributed by atoms with Gasteiger partial charge in [0.25, 0.3) is 0 Å². The normalized spacial score (nSPS) is 41.0. The number of para-hydroxylation sites is 1. The number of carbonyl (C=O) groups is 2. The molecule has 1 aromatic rings. The van der Waals surface area contributed by atoms with E-state index in [0.29, 0.717) is 35.4 Å². The first kappa shape index (κ1) is 19.6. The van der Waals surface area contributed by atoms with Crippen LogP contribution in [0.25, 0.3) is 0 Å². The van der Waals surface area contributed by atoms with E-state index in [1.54, 1.807) is 0 Å². The van der Waals surface area contributed by atoms with Crippen LogP contribution in [-0.4, -0.2) is 16.9 Å².